The molecule has 0 atom stereocenters. The molecule has 0 aromatic carbocycles. The quantitative estimate of drug-likeness (QED) is 0.411. The van der Waals surface area contributed by atoms with Gasteiger partial charge in [-0.3, -0.25) is 9.78 Å². The zero-order valence-corrected chi connectivity index (χ0v) is 16.0. The molecule has 3 aromatic rings. The van der Waals surface area contributed by atoms with Crippen molar-refractivity contribution in [2.45, 2.75) is 20.4 Å². The largest absolute Gasteiger partial charge is 0.382 e. The van der Waals surface area contributed by atoms with Gasteiger partial charge in [-0.1, -0.05) is 5.16 Å². The van der Waals surface area contributed by atoms with Gasteiger partial charge in [-0.05, 0) is 38.1 Å². The molecule has 0 radical (unpaired) electrons. The molecular formula is C19H20N8O2. The Balaban J connectivity index is 1.61. The second-order valence-electron chi connectivity index (χ2n) is 6.15. The molecule has 0 saturated heterocycles. The van der Waals surface area contributed by atoms with Crippen LogP contribution in [0.25, 0.3) is 0 Å². The van der Waals surface area contributed by atoms with E-state index in [1.807, 2.05) is 6.07 Å². The van der Waals surface area contributed by atoms with Crippen molar-refractivity contribution in [3.8, 4) is 5.88 Å². The van der Waals surface area contributed by atoms with Crippen molar-refractivity contribution >= 4 is 28.8 Å². The topological polar surface area (TPSA) is 140 Å². The van der Waals surface area contributed by atoms with E-state index in [1.165, 1.54) is 12.4 Å². The zero-order chi connectivity index (χ0) is 20.6. The molecule has 3 rings (SSSR count). The fraction of sp³-hybridized carbons (Fsp3) is 0.158. The number of nitrogens with one attached hydrogen (secondary N) is 2. The Morgan fingerprint density at radius 1 is 1.14 bits per heavy atom. The van der Waals surface area contributed by atoms with Gasteiger partial charge in [-0.2, -0.15) is 0 Å². The maximum atomic E-state index is 12.4. The summed E-state index contributed by atoms with van der Waals surface area (Å²) in [6.45, 7) is 4.00. The van der Waals surface area contributed by atoms with E-state index in [1.54, 1.807) is 44.4 Å². The lowest BCUT2D eigenvalue weighted by atomic mass is 10.3. The van der Waals surface area contributed by atoms with Crippen LogP contribution in [0.15, 0.2) is 54.2 Å². The lowest BCUT2D eigenvalue weighted by molar-refractivity contribution is 0.102. The van der Waals surface area contributed by atoms with Gasteiger partial charge < -0.3 is 21.2 Å². The van der Waals surface area contributed by atoms with Crippen LogP contribution >= 0.6 is 0 Å². The van der Waals surface area contributed by atoms with E-state index in [0.717, 1.165) is 5.71 Å². The molecule has 0 fully saturated rings. The summed E-state index contributed by atoms with van der Waals surface area (Å²) in [7, 11) is 0. The summed E-state index contributed by atoms with van der Waals surface area (Å²) in [5.41, 5.74) is 8.70. The maximum absolute atomic E-state index is 12.4. The second-order valence-corrected chi connectivity index (χ2v) is 6.15. The number of anilines is 3. The van der Waals surface area contributed by atoms with Crippen molar-refractivity contribution in [1.29, 1.82) is 0 Å². The SMILES string of the molecule is CC(C)=NOc1cnc(C(=O)Nc2ccnc(CNc3cccnc3N)c2)cn1. The number of carbonyl (C=O) groups is 1. The predicted molar refractivity (Wildman–Crippen MR) is 110 cm³/mol. The summed E-state index contributed by atoms with van der Waals surface area (Å²) in [6, 6.07) is 7.05. The van der Waals surface area contributed by atoms with Crippen molar-refractivity contribution in [3.63, 3.8) is 0 Å². The highest BCUT2D eigenvalue weighted by Gasteiger charge is 2.10. The molecule has 0 aliphatic heterocycles. The highest BCUT2D eigenvalue weighted by molar-refractivity contribution is 6.02. The van der Waals surface area contributed by atoms with Gasteiger partial charge in [0.25, 0.3) is 11.8 Å². The number of nitrogens with zero attached hydrogens (tertiary/aromatic N) is 5. The van der Waals surface area contributed by atoms with Gasteiger partial charge in [0.2, 0.25) is 0 Å². The van der Waals surface area contributed by atoms with Crippen LogP contribution in [0.4, 0.5) is 17.2 Å². The molecule has 10 nitrogen and oxygen atoms in total. The minimum absolute atomic E-state index is 0.147. The highest BCUT2D eigenvalue weighted by atomic mass is 16.6. The molecule has 3 heterocycles. The predicted octanol–water partition coefficient (Wildman–Crippen LogP) is 2.49. The lowest BCUT2D eigenvalue weighted by Crippen LogP contribution is -2.14. The average Bonchev–Trinajstić information content (AvgIpc) is 2.72. The van der Waals surface area contributed by atoms with Crippen molar-refractivity contribution < 1.29 is 9.63 Å². The standard InChI is InChI=1S/C19H20N8O2/c1-12(2)27-29-17-11-24-16(10-25-17)19(28)26-13-5-7-21-14(8-13)9-23-15-4-3-6-22-18(15)20/h3-8,10-11,23H,9H2,1-2H3,(H2,20,22)(H,21,26,28). The summed E-state index contributed by atoms with van der Waals surface area (Å²) in [4.78, 5) is 33.8. The van der Waals surface area contributed by atoms with Crippen molar-refractivity contribution in [1.82, 2.24) is 19.9 Å². The maximum Gasteiger partial charge on any atom is 0.275 e. The van der Waals surface area contributed by atoms with E-state index in [0.29, 0.717) is 29.4 Å². The zero-order valence-electron chi connectivity index (χ0n) is 16.0. The van der Waals surface area contributed by atoms with Gasteiger partial charge in [0, 0.05) is 18.1 Å². The third-order valence-corrected chi connectivity index (χ3v) is 3.56. The second kappa shape index (κ2) is 9.22. The molecule has 0 spiro atoms. The van der Waals surface area contributed by atoms with Crippen molar-refractivity contribution in [2.24, 2.45) is 5.16 Å². The Morgan fingerprint density at radius 3 is 2.72 bits per heavy atom. The Kier molecular flexibility index (Phi) is 6.25. The van der Waals surface area contributed by atoms with Crippen LogP contribution in [-0.4, -0.2) is 31.6 Å². The normalized spacial score (nSPS) is 10.1. The monoisotopic (exact) mass is 392 g/mol. The molecule has 0 bridgehead atoms. The van der Waals surface area contributed by atoms with Crippen LogP contribution < -0.4 is 21.2 Å². The summed E-state index contributed by atoms with van der Waals surface area (Å²) >= 11 is 0. The van der Waals surface area contributed by atoms with Gasteiger partial charge in [0.05, 0.1) is 36.0 Å². The first-order chi connectivity index (χ1) is 14.0. The Hall–Kier alpha value is -4.08. The van der Waals surface area contributed by atoms with E-state index in [9.17, 15) is 4.79 Å². The van der Waals surface area contributed by atoms with Gasteiger partial charge in [0.15, 0.2) is 0 Å². The molecule has 0 aliphatic rings. The minimum atomic E-state index is -0.402. The molecule has 4 N–H and O–H groups in total. The van der Waals surface area contributed by atoms with Crippen LogP contribution in [0.3, 0.4) is 0 Å². The Bertz CT molecular complexity index is 1020. The summed E-state index contributed by atoms with van der Waals surface area (Å²) in [6.07, 6.45) is 5.88. The number of oxime groups is 1. The van der Waals surface area contributed by atoms with Crippen LogP contribution in [0.2, 0.25) is 0 Å². The fourth-order valence-corrected chi connectivity index (χ4v) is 2.22. The molecule has 0 unspecified atom stereocenters. The van der Waals surface area contributed by atoms with Gasteiger partial charge in [-0.25, -0.2) is 15.0 Å². The molecule has 0 aliphatic carbocycles. The number of aromatic nitrogens is 4. The van der Waals surface area contributed by atoms with Crippen LogP contribution in [0.5, 0.6) is 5.88 Å². The van der Waals surface area contributed by atoms with E-state index in [-0.39, 0.29) is 11.6 Å². The Labute approximate surface area is 167 Å². The third kappa shape index (κ3) is 5.70. The number of hydrogen-bond acceptors (Lipinski definition) is 9. The first-order valence-corrected chi connectivity index (χ1v) is 8.72. The van der Waals surface area contributed by atoms with Gasteiger partial charge in [0.1, 0.15) is 11.5 Å². The smallest absolute Gasteiger partial charge is 0.275 e. The molecule has 0 saturated carbocycles. The molecule has 1 amide bonds. The molecular weight excluding hydrogens is 372 g/mol. The minimum Gasteiger partial charge on any atom is -0.382 e. The van der Waals surface area contributed by atoms with Crippen molar-refractivity contribution in [3.05, 3.63) is 60.4 Å². The van der Waals surface area contributed by atoms with E-state index in [2.05, 4.69) is 35.7 Å². The molecule has 3 aromatic heterocycles. The van der Waals surface area contributed by atoms with Crippen LogP contribution in [0.1, 0.15) is 30.0 Å². The number of carbonyl (C=O) groups excluding carboxylic acids is 1. The van der Waals surface area contributed by atoms with E-state index >= 15 is 0 Å². The first kappa shape index (κ1) is 19.7. The summed E-state index contributed by atoms with van der Waals surface area (Å²) in [5.74, 6) is 0.207. The Morgan fingerprint density at radius 2 is 2.00 bits per heavy atom. The number of rotatable bonds is 7. The summed E-state index contributed by atoms with van der Waals surface area (Å²) < 4.78 is 0. The number of nitrogens with two attached hydrogens (primary N) is 1. The third-order valence-electron chi connectivity index (χ3n) is 3.56. The summed E-state index contributed by atoms with van der Waals surface area (Å²) in [5, 5.41) is 9.70. The van der Waals surface area contributed by atoms with Crippen LogP contribution in [0, 0.1) is 0 Å². The van der Waals surface area contributed by atoms with E-state index in [4.69, 9.17) is 10.6 Å². The highest BCUT2D eigenvalue weighted by Crippen LogP contribution is 2.16. The molecule has 29 heavy (non-hydrogen) atoms. The molecule has 148 valence electrons. The number of nitrogen functional groups attached to an aromatic ring is 1. The number of amides is 1. The van der Waals surface area contributed by atoms with Gasteiger partial charge >= 0.3 is 0 Å². The van der Waals surface area contributed by atoms with Crippen LogP contribution in [-0.2, 0) is 6.54 Å². The van der Waals surface area contributed by atoms with E-state index < -0.39 is 5.91 Å². The average molecular weight is 392 g/mol. The molecule has 10 heteroatoms. The number of pyridine rings is 2. The van der Waals surface area contributed by atoms with Gasteiger partial charge in [-0.15, -0.1) is 0 Å². The number of hydrogen-bond donors (Lipinski definition) is 3. The fourth-order valence-electron chi connectivity index (χ4n) is 2.22. The van der Waals surface area contributed by atoms with Crippen molar-refractivity contribution in [2.75, 3.05) is 16.4 Å². The lowest BCUT2D eigenvalue weighted by Gasteiger charge is -2.09. The first-order valence-electron chi connectivity index (χ1n) is 8.72.